The van der Waals surface area contributed by atoms with Gasteiger partial charge in [-0.15, -0.1) is 0 Å². The number of rotatable bonds is 1. The van der Waals surface area contributed by atoms with Crippen molar-refractivity contribution in [2.45, 2.75) is 64.4 Å². The van der Waals surface area contributed by atoms with E-state index >= 15 is 0 Å². The van der Waals surface area contributed by atoms with Crippen LogP contribution in [0.4, 0.5) is 0 Å². The molecule has 4 aliphatic rings. The van der Waals surface area contributed by atoms with Crippen molar-refractivity contribution in [1.82, 2.24) is 0 Å². The van der Waals surface area contributed by atoms with E-state index in [0.717, 1.165) is 12.5 Å². The van der Waals surface area contributed by atoms with Crippen molar-refractivity contribution in [3.05, 3.63) is 52.1 Å². The van der Waals surface area contributed by atoms with Crippen LogP contribution < -0.4 is 0 Å². The molecule has 0 radical (unpaired) electrons. The molecule has 1 heterocycles. The number of aryl methyl sites for hydroxylation is 1. The number of hydrogen-bond acceptors (Lipinski definition) is 1. The Morgan fingerprint density at radius 1 is 1.04 bits per heavy atom. The van der Waals surface area contributed by atoms with Gasteiger partial charge >= 0.3 is 0 Å². The van der Waals surface area contributed by atoms with Gasteiger partial charge in [0.25, 0.3) is 0 Å². The number of benzene rings is 1. The van der Waals surface area contributed by atoms with Crippen molar-refractivity contribution in [2.75, 3.05) is 6.61 Å². The molecule has 2 fully saturated rings. The molecule has 4 atom stereocenters. The van der Waals surface area contributed by atoms with Gasteiger partial charge in [-0.2, -0.15) is 0 Å². The Balaban J connectivity index is 1.74. The van der Waals surface area contributed by atoms with Crippen molar-refractivity contribution in [3.8, 4) is 0 Å². The third-order valence-corrected chi connectivity index (χ3v) is 7.05. The molecule has 0 N–H and O–H groups in total. The topological polar surface area (TPSA) is 12.5 Å². The summed E-state index contributed by atoms with van der Waals surface area (Å²) in [6, 6.07) is 4.95. The average Bonchev–Trinajstić information content (AvgIpc) is 3.38. The van der Waals surface area contributed by atoms with Crippen LogP contribution in [-0.4, -0.2) is 12.7 Å². The number of hydrogen-bond donors (Lipinski definition) is 0. The van der Waals surface area contributed by atoms with E-state index in [4.69, 9.17) is 4.74 Å². The van der Waals surface area contributed by atoms with Crippen molar-refractivity contribution >= 4 is 5.57 Å². The molecule has 1 aromatic carbocycles. The van der Waals surface area contributed by atoms with E-state index < -0.39 is 0 Å². The second-order valence-corrected chi connectivity index (χ2v) is 8.07. The van der Waals surface area contributed by atoms with E-state index in [-0.39, 0.29) is 0 Å². The Hall–Kier alpha value is -1.34. The summed E-state index contributed by atoms with van der Waals surface area (Å²) < 4.78 is 5.76. The number of allylic oxidation sites excluding steroid dienone is 4. The summed E-state index contributed by atoms with van der Waals surface area (Å²) in [4.78, 5) is 0. The molecule has 1 aliphatic heterocycles. The quantitative estimate of drug-likeness (QED) is 0.628. The zero-order chi connectivity index (χ0) is 16.3. The highest BCUT2D eigenvalue weighted by Gasteiger charge is 2.50. The fourth-order valence-electron chi connectivity index (χ4n) is 6.01. The molecule has 1 saturated heterocycles. The Labute approximate surface area is 145 Å². The maximum Gasteiger partial charge on any atom is 0.0844 e. The molecule has 1 saturated carbocycles. The molecule has 126 valence electrons. The van der Waals surface area contributed by atoms with Crippen LogP contribution in [0.3, 0.4) is 0 Å². The van der Waals surface area contributed by atoms with Crippen LogP contribution in [0, 0.1) is 11.8 Å². The minimum Gasteiger partial charge on any atom is -0.373 e. The second-order valence-electron chi connectivity index (χ2n) is 8.07. The third kappa shape index (κ3) is 2.03. The zero-order valence-corrected chi connectivity index (χ0v) is 15.0. The summed E-state index contributed by atoms with van der Waals surface area (Å²) >= 11 is 0. The lowest BCUT2D eigenvalue weighted by atomic mass is 9.66. The Kier molecular flexibility index (Phi) is 3.49. The van der Waals surface area contributed by atoms with E-state index in [9.17, 15) is 0 Å². The highest BCUT2D eigenvalue weighted by atomic mass is 16.6. The zero-order valence-electron chi connectivity index (χ0n) is 15.0. The maximum absolute atomic E-state index is 5.76. The van der Waals surface area contributed by atoms with Crippen LogP contribution in [0.25, 0.3) is 5.57 Å². The lowest BCUT2D eigenvalue weighted by Gasteiger charge is -2.38. The fourth-order valence-corrected chi connectivity index (χ4v) is 6.01. The molecule has 5 rings (SSSR count). The van der Waals surface area contributed by atoms with Gasteiger partial charge < -0.3 is 4.74 Å². The minimum absolute atomic E-state index is 0.536. The summed E-state index contributed by atoms with van der Waals surface area (Å²) in [5.41, 5.74) is 9.73. The predicted molar refractivity (Wildman–Crippen MR) is 99.2 cm³/mol. The summed E-state index contributed by atoms with van der Waals surface area (Å²) in [6.45, 7) is 5.48. The highest BCUT2D eigenvalue weighted by molar-refractivity contribution is 5.86. The van der Waals surface area contributed by atoms with Crippen molar-refractivity contribution in [1.29, 1.82) is 0 Å². The Morgan fingerprint density at radius 2 is 1.88 bits per heavy atom. The normalized spacial score (nSPS) is 37.2. The fraction of sp³-hybridized carbons (Fsp3) is 0.565. The SMILES string of the molecule is CC=C1/C(=C\C)c2c(ccc3c2CCCC3)C2C1CCC2C1CO1. The average molecular weight is 320 g/mol. The van der Waals surface area contributed by atoms with E-state index in [0.29, 0.717) is 17.9 Å². The lowest BCUT2D eigenvalue weighted by Crippen LogP contribution is -2.26. The van der Waals surface area contributed by atoms with E-state index in [1.165, 1.54) is 38.5 Å². The molecule has 3 aliphatic carbocycles. The molecule has 4 unspecified atom stereocenters. The second kappa shape index (κ2) is 5.59. The van der Waals surface area contributed by atoms with Crippen LogP contribution in [-0.2, 0) is 17.6 Å². The summed E-state index contributed by atoms with van der Waals surface area (Å²) in [5.74, 6) is 2.14. The van der Waals surface area contributed by atoms with Crippen molar-refractivity contribution in [3.63, 3.8) is 0 Å². The largest absolute Gasteiger partial charge is 0.373 e. The van der Waals surface area contributed by atoms with Crippen molar-refractivity contribution in [2.24, 2.45) is 11.8 Å². The van der Waals surface area contributed by atoms with E-state index in [2.05, 4.69) is 38.1 Å². The van der Waals surface area contributed by atoms with Gasteiger partial charge in [-0.25, -0.2) is 0 Å². The highest BCUT2D eigenvalue weighted by Crippen LogP contribution is 2.59. The molecule has 0 bridgehead atoms. The van der Waals surface area contributed by atoms with Gasteiger partial charge in [0.1, 0.15) is 0 Å². The molecule has 0 aromatic heterocycles. The standard InChI is InChI=1S/C23H28O/c1-3-15-16(4-2)22-17-8-6-5-7-14(17)9-10-20(22)23-18(15)11-12-19(23)21-13-24-21/h3-4,9-10,18-19,21,23H,5-8,11-13H2,1-2H3/b15-3?,16-4+. The number of fused-ring (bicyclic) bond motifs is 5. The van der Waals surface area contributed by atoms with Gasteiger partial charge in [0.15, 0.2) is 0 Å². The van der Waals surface area contributed by atoms with Gasteiger partial charge in [-0.3, -0.25) is 0 Å². The van der Waals surface area contributed by atoms with Gasteiger partial charge in [0.05, 0.1) is 12.7 Å². The first kappa shape index (κ1) is 15.0. The first-order chi connectivity index (χ1) is 11.8. The van der Waals surface area contributed by atoms with Crippen LogP contribution in [0.1, 0.15) is 67.7 Å². The first-order valence-electron chi connectivity index (χ1n) is 9.93. The first-order valence-corrected chi connectivity index (χ1v) is 9.93. The molecular formula is C23H28O. The molecule has 0 amide bonds. The molecule has 24 heavy (non-hydrogen) atoms. The predicted octanol–water partition coefficient (Wildman–Crippen LogP) is 5.44. The summed E-state index contributed by atoms with van der Waals surface area (Å²) in [5, 5.41) is 0. The summed E-state index contributed by atoms with van der Waals surface area (Å²) in [7, 11) is 0. The van der Waals surface area contributed by atoms with Crippen LogP contribution in [0.2, 0.25) is 0 Å². The molecule has 1 nitrogen and oxygen atoms in total. The Morgan fingerprint density at radius 3 is 2.62 bits per heavy atom. The maximum atomic E-state index is 5.76. The number of epoxide rings is 1. The van der Waals surface area contributed by atoms with Crippen LogP contribution >= 0.6 is 0 Å². The van der Waals surface area contributed by atoms with Gasteiger partial charge in [0, 0.05) is 0 Å². The summed E-state index contributed by atoms with van der Waals surface area (Å²) in [6.07, 6.45) is 13.3. The van der Waals surface area contributed by atoms with Crippen LogP contribution in [0.5, 0.6) is 0 Å². The van der Waals surface area contributed by atoms with Crippen LogP contribution in [0.15, 0.2) is 29.9 Å². The Bertz CT molecular complexity index is 735. The monoisotopic (exact) mass is 320 g/mol. The lowest BCUT2D eigenvalue weighted by molar-refractivity contribution is 0.304. The molecule has 1 aromatic rings. The van der Waals surface area contributed by atoms with Gasteiger partial charge in [-0.1, -0.05) is 24.3 Å². The minimum atomic E-state index is 0.536. The number of ether oxygens (including phenoxy) is 1. The molecule has 1 heteroatoms. The van der Waals surface area contributed by atoms with Crippen molar-refractivity contribution < 1.29 is 4.74 Å². The van der Waals surface area contributed by atoms with Gasteiger partial charge in [-0.05, 0) is 104 Å². The smallest absolute Gasteiger partial charge is 0.0844 e. The molecule has 0 spiro atoms. The van der Waals surface area contributed by atoms with E-state index in [1.807, 2.05) is 0 Å². The van der Waals surface area contributed by atoms with E-state index in [1.54, 1.807) is 33.4 Å². The van der Waals surface area contributed by atoms with Gasteiger partial charge in [0.2, 0.25) is 0 Å². The molecular weight excluding hydrogens is 292 g/mol. The third-order valence-electron chi connectivity index (χ3n) is 7.05.